The van der Waals surface area contributed by atoms with E-state index in [1.165, 1.54) is 11.3 Å². The number of carboxylic acid groups (broad SMARTS) is 1. The molecule has 3 unspecified atom stereocenters. The number of thiazole rings is 1. The first-order chi connectivity index (χ1) is 17.7. The van der Waals surface area contributed by atoms with E-state index in [-0.39, 0.29) is 24.2 Å². The van der Waals surface area contributed by atoms with E-state index in [0.717, 1.165) is 16.1 Å². The Bertz CT molecular complexity index is 1270. The van der Waals surface area contributed by atoms with Crippen LogP contribution in [0.25, 0.3) is 10.4 Å². The van der Waals surface area contributed by atoms with Gasteiger partial charge in [-0.3, -0.25) is 14.4 Å². The summed E-state index contributed by atoms with van der Waals surface area (Å²) in [5.74, 6) is -1.66. The molecule has 0 spiro atoms. The van der Waals surface area contributed by atoms with Gasteiger partial charge < -0.3 is 19.8 Å². The van der Waals surface area contributed by atoms with E-state index in [9.17, 15) is 19.5 Å². The van der Waals surface area contributed by atoms with Crippen LogP contribution in [0.2, 0.25) is 0 Å². The Morgan fingerprint density at radius 1 is 1.22 bits per heavy atom. The molecule has 2 amide bonds. The molecule has 2 N–H and O–H groups in total. The van der Waals surface area contributed by atoms with Gasteiger partial charge in [-0.05, 0) is 43.7 Å². The predicted octanol–water partition coefficient (Wildman–Crippen LogP) is 4.48. The number of aliphatic carboxylic acids is 1. The second-order valence-corrected chi connectivity index (χ2v) is 10.7. The summed E-state index contributed by atoms with van der Waals surface area (Å²) in [6.45, 7) is 8.07. The highest BCUT2D eigenvalue weighted by Gasteiger charge is 2.40. The number of carboxylic acids is 1. The SMILES string of the molecule is Cc1cc(C(C(=O)N2CCCC2C(=O)NC(CC(=O)O)c2ccc(-c3scnc3C)cc2)C(C)C)on1. The van der Waals surface area contributed by atoms with Crippen molar-refractivity contribution in [2.45, 2.75) is 65.0 Å². The molecule has 196 valence electrons. The number of amides is 2. The Morgan fingerprint density at radius 2 is 1.95 bits per heavy atom. The molecule has 1 aliphatic heterocycles. The van der Waals surface area contributed by atoms with E-state index in [4.69, 9.17) is 4.52 Å². The quantitative estimate of drug-likeness (QED) is 0.423. The van der Waals surface area contributed by atoms with Crippen LogP contribution in [0.3, 0.4) is 0 Å². The molecule has 1 saturated heterocycles. The fourth-order valence-corrected chi connectivity index (χ4v) is 5.70. The molecule has 0 saturated carbocycles. The van der Waals surface area contributed by atoms with Crippen LogP contribution < -0.4 is 5.32 Å². The normalized spacial score (nSPS) is 17.1. The first kappa shape index (κ1) is 26.5. The monoisotopic (exact) mass is 524 g/mol. The number of carbonyl (C=O) groups is 3. The smallest absolute Gasteiger partial charge is 0.305 e. The molecular formula is C27H32N4O5S. The molecule has 4 rings (SSSR count). The highest BCUT2D eigenvalue weighted by atomic mass is 32.1. The fraction of sp³-hybridized carbons (Fsp3) is 0.444. The number of nitrogens with zero attached hydrogens (tertiary/aromatic N) is 3. The van der Waals surface area contributed by atoms with Gasteiger partial charge in [0.25, 0.3) is 0 Å². The molecule has 1 fully saturated rings. The zero-order chi connectivity index (χ0) is 26.7. The summed E-state index contributed by atoms with van der Waals surface area (Å²) >= 11 is 1.54. The van der Waals surface area contributed by atoms with Crippen LogP contribution in [0, 0.1) is 19.8 Å². The number of likely N-dealkylation sites (tertiary alicyclic amines) is 1. The van der Waals surface area contributed by atoms with Gasteiger partial charge in [-0.25, -0.2) is 4.98 Å². The predicted molar refractivity (Wildman–Crippen MR) is 139 cm³/mol. The lowest BCUT2D eigenvalue weighted by molar-refractivity contribution is -0.142. The van der Waals surface area contributed by atoms with Crippen molar-refractivity contribution in [2.75, 3.05) is 6.54 Å². The Morgan fingerprint density at radius 3 is 2.51 bits per heavy atom. The largest absolute Gasteiger partial charge is 0.481 e. The average molecular weight is 525 g/mol. The maximum Gasteiger partial charge on any atom is 0.305 e. The lowest BCUT2D eigenvalue weighted by atomic mass is 9.91. The average Bonchev–Trinajstić information content (AvgIpc) is 3.59. The van der Waals surface area contributed by atoms with Gasteiger partial charge in [0.2, 0.25) is 11.8 Å². The third kappa shape index (κ3) is 5.90. The van der Waals surface area contributed by atoms with Gasteiger partial charge in [-0.15, -0.1) is 11.3 Å². The maximum atomic E-state index is 13.6. The standard InChI is InChI=1S/C27H32N4O5S/c1-15(2)24(22-12-16(3)30-36-22)27(35)31-11-5-6-21(31)26(34)29-20(13-23(32)33)18-7-9-19(10-8-18)25-17(4)28-14-37-25/h7-10,12,14-15,20-21,24H,5-6,11,13H2,1-4H3,(H,29,34)(H,32,33). The third-order valence-corrected chi connectivity index (χ3v) is 7.72. The highest BCUT2D eigenvalue weighted by molar-refractivity contribution is 7.13. The molecule has 3 aromatic rings. The number of rotatable bonds is 9. The molecule has 10 heteroatoms. The van der Waals surface area contributed by atoms with Crippen molar-refractivity contribution in [2.24, 2.45) is 5.92 Å². The van der Waals surface area contributed by atoms with Gasteiger partial charge in [0.1, 0.15) is 17.7 Å². The molecule has 1 aromatic carbocycles. The van der Waals surface area contributed by atoms with Crippen LogP contribution >= 0.6 is 11.3 Å². The third-order valence-electron chi connectivity index (χ3n) is 6.74. The van der Waals surface area contributed by atoms with Crippen molar-refractivity contribution in [3.63, 3.8) is 0 Å². The lowest BCUT2D eigenvalue weighted by Gasteiger charge is -2.30. The topological polar surface area (TPSA) is 126 Å². The van der Waals surface area contributed by atoms with Crippen LogP contribution in [0.5, 0.6) is 0 Å². The summed E-state index contributed by atoms with van der Waals surface area (Å²) in [4.78, 5) is 45.6. The van der Waals surface area contributed by atoms with Crippen molar-refractivity contribution in [1.82, 2.24) is 20.4 Å². The Balaban J connectivity index is 1.52. The van der Waals surface area contributed by atoms with Crippen molar-refractivity contribution < 1.29 is 24.0 Å². The van der Waals surface area contributed by atoms with Gasteiger partial charge in [0.15, 0.2) is 0 Å². The van der Waals surface area contributed by atoms with Gasteiger partial charge in [0, 0.05) is 12.6 Å². The molecule has 1 aliphatic rings. The highest BCUT2D eigenvalue weighted by Crippen LogP contribution is 2.32. The van der Waals surface area contributed by atoms with E-state index < -0.39 is 24.0 Å². The van der Waals surface area contributed by atoms with E-state index in [1.54, 1.807) is 23.4 Å². The van der Waals surface area contributed by atoms with Crippen LogP contribution in [0.15, 0.2) is 40.4 Å². The number of aryl methyl sites for hydroxylation is 2. The molecule has 3 heterocycles. The minimum absolute atomic E-state index is 0.0513. The van der Waals surface area contributed by atoms with E-state index in [2.05, 4.69) is 15.5 Å². The minimum Gasteiger partial charge on any atom is -0.481 e. The molecule has 37 heavy (non-hydrogen) atoms. The van der Waals surface area contributed by atoms with Gasteiger partial charge in [-0.2, -0.15) is 0 Å². The number of benzene rings is 1. The first-order valence-electron chi connectivity index (χ1n) is 12.4. The molecular weight excluding hydrogens is 492 g/mol. The van der Waals surface area contributed by atoms with Crippen LogP contribution in [-0.4, -0.2) is 50.5 Å². The number of nitrogens with one attached hydrogen (secondary N) is 1. The summed E-state index contributed by atoms with van der Waals surface area (Å²) in [6.07, 6.45) is 0.940. The van der Waals surface area contributed by atoms with Crippen molar-refractivity contribution in [3.8, 4) is 10.4 Å². The van der Waals surface area contributed by atoms with E-state index >= 15 is 0 Å². The summed E-state index contributed by atoms with van der Waals surface area (Å²) < 4.78 is 5.41. The van der Waals surface area contributed by atoms with E-state index in [1.807, 2.05) is 45.0 Å². The summed E-state index contributed by atoms with van der Waals surface area (Å²) in [5, 5.41) is 16.4. The zero-order valence-corrected chi connectivity index (χ0v) is 22.2. The number of carbonyl (C=O) groups excluding carboxylic acids is 2. The van der Waals surface area contributed by atoms with E-state index in [0.29, 0.717) is 36.4 Å². The maximum absolute atomic E-state index is 13.6. The van der Waals surface area contributed by atoms with Crippen LogP contribution in [0.4, 0.5) is 0 Å². The minimum atomic E-state index is -1.02. The Hall–Kier alpha value is -3.53. The Kier molecular flexibility index (Phi) is 8.06. The molecule has 9 nitrogen and oxygen atoms in total. The second-order valence-electron chi connectivity index (χ2n) is 9.83. The van der Waals surface area contributed by atoms with Crippen LogP contribution in [0.1, 0.15) is 67.8 Å². The van der Waals surface area contributed by atoms with Crippen LogP contribution in [-0.2, 0) is 14.4 Å². The second kappa shape index (κ2) is 11.2. The van der Waals surface area contributed by atoms with Gasteiger partial charge in [0.05, 0.1) is 34.2 Å². The summed E-state index contributed by atoms with van der Waals surface area (Å²) in [5.41, 5.74) is 5.08. The van der Waals surface area contributed by atoms with Crippen molar-refractivity contribution in [3.05, 3.63) is 58.6 Å². The lowest BCUT2D eigenvalue weighted by Crippen LogP contribution is -2.49. The molecule has 3 atom stereocenters. The number of aromatic nitrogens is 2. The first-order valence-corrected chi connectivity index (χ1v) is 13.3. The van der Waals surface area contributed by atoms with Gasteiger partial charge >= 0.3 is 5.97 Å². The molecule has 0 bridgehead atoms. The Labute approximate surface area is 219 Å². The number of hydrogen-bond donors (Lipinski definition) is 2. The van der Waals surface area contributed by atoms with Gasteiger partial charge in [-0.1, -0.05) is 43.3 Å². The molecule has 0 radical (unpaired) electrons. The number of hydrogen-bond acceptors (Lipinski definition) is 7. The zero-order valence-electron chi connectivity index (χ0n) is 21.4. The summed E-state index contributed by atoms with van der Waals surface area (Å²) in [6, 6.07) is 7.85. The summed E-state index contributed by atoms with van der Waals surface area (Å²) in [7, 11) is 0. The molecule has 0 aliphatic carbocycles. The molecule has 2 aromatic heterocycles. The van der Waals surface area contributed by atoms with Crippen molar-refractivity contribution >= 4 is 29.1 Å². The van der Waals surface area contributed by atoms with Crippen molar-refractivity contribution in [1.29, 1.82) is 0 Å². The fourth-order valence-electron chi connectivity index (χ4n) is 4.89.